The molecular formula is C14H13BrN4. The van der Waals surface area contributed by atoms with Crippen LogP contribution in [-0.4, -0.2) is 9.38 Å². The number of halogens is 1. The predicted molar refractivity (Wildman–Crippen MR) is 81.0 cm³/mol. The largest absolute Gasteiger partial charge is 0.396 e. The fraction of sp³-hybridized carbons (Fsp3) is 0.0714. The summed E-state index contributed by atoms with van der Waals surface area (Å²) in [5.41, 5.74) is 15.4. The molecule has 0 saturated carbocycles. The van der Waals surface area contributed by atoms with E-state index in [1.807, 2.05) is 34.9 Å². The van der Waals surface area contributed by atoms with Gasteiger partial charge in [0.25, 0.3) is 0 Å². The van der Waals surface area contributed by atoms with Crippen molar-refractivity contribution in [3.05, 3.63) is 58.3 Å². The molecule has 2 aromatic heterocycles. The van der Waals surface area contributed by atoms with Crippen molar-refractivity contribution in [3.63, 3.8) is 0 Å². The van der Waals surface area contributed by atoms with Gasteiger partial charge >= 0.3 is 0 Å². The lowest BCUT2D eigenvalue weighted by Crippen LogP contribution is -1.99. The Labute approximate surface area is 119 Å². The summed E-state index contributed by atoms with van der Waals surface area (Å²) < 4.78 is 2.85. The topological polar surface area (TPSA) is 69.3 Å². The summed E-state index contributed by atoms with van der Waals surface area (Å²) in [6.45, 7) is 0. The smallest absolute Gasteiger partial charge is 0.162 e. The molecule has 3 rings (SSSR count). The van der Waals surface area contributed by atoms with Crippen molar-refractivity contribution in [2.75, 3.05) is 11.5 Å². The molecule has 0 spiro atoms. The third kappa shape index (κ3) is 2.17. The van der Waals surface area contributed by atoms with Crippen LogP contribution in [0.3, 0.4) is 0 Å². The Kier molecular flexibility index (Phi) is 2.91. The highest BCUT2D eigenvalue weighted by atomic mass is 79.9. The molecular weight excluding hydrogens is 304 g/mol. The second-order valence-electron chi connectivity index (χ2n) is 4.41. The van der Waals surface area contributed by atoms with E-state index in [4.69, 9.17) is 11.5 Å². The maximum absolute atomic E-state index is 6.02. The van der Waals surface area contributed by atoms with E-state index in [0.717, 1.165) is 16.6 Å². The first-order valence-corrected chi connectivity index (χ1v) is 6.70. The van der Waals surface area contributed by atoms with Crippen LogP contribution in [0.25, 0.3) is 5.65 Å². The van der Waals surface area contributed by atoms with Crippen LogP contribution in [0.15, 0.2) is 47.1 Å². The van der Waals surface area contributed by atoms with E-state index < -0.39 is 0 Å². The second-order valence-corrected chi connectivity index (χ2v) is 5.33. The van der Waals surface area contributed by atoms with Crippen molar-refractivity contribution in [1.29, 1.82) is 0 Å². The van der Waals surface area contributed by atoms with Crippen LogP contribution in [0.4, 0.5) is 11.5 Å². The van der Waals surface area contributed by atoms with Crippen LogP contribution >= 0.6 is 15.9 Å². The molecule has 0 radical (unpaired) electrons. The quantitative estimate of drug-likeness (QED) is 0.763. The van der Waals surface area contributed by atoms with Gasteiger partial charge in [-0.2, -0.15) is 0 Å². The van der Waals surface area contributed by atoms with E-state index in [1.165, 1.54) is 5.56 Å². The minimum absolute atomic E-state index is 0.522. The molecule has 96 valence electrons. The fourth-order valence-corrected chi connectivity index (χ4v) is 2.62. The summed E-state index contributed by atoms with van der Waals surface area (Å²) in [7, 11) is 0. The highest BCUT2D eigenvalue weighted by molar-refractivity contribution is 9.10. The molecule has 0 aliphatic rings. The molecule has 5 heteroatoms. The Morgan fingerprint density at radius 3 is 2.63 bits per heavy atom. The number of hydrogen-bond acceptors (Lipinski definition) is 3. The maximum atomic E-state index is 6.02. The summed E-state index contributed by atoms with van der Waals surface area (Å²) in [5, 5.41) is 0. The van der Waals surface area contributed by atoms with Crippen molar-refractivity contribution in [2.24, 2.45) is 0 Å². The molecule has 4 nitrogen and oxygen atoms in total. The number of hydrogen-bond donors (Lipinski definition) is 2. The zero-order chi connectivity index (χ0) is 13.4. The van der Waals surface area contributed by atoms with E-state index in [0.29, 0.717) is 17.2 Å². The first kappa shape index (κ1) is 12.0. The highest BCUT2D eigenvalue weighted by Crippen LogP contribution is 2.25. The number of nitrogen functional groups attached to an aromatic ring is 2. The summed E-state index contributed by atoms with van der Waals surface area (Å²) >= 11 is 3.44. The number of imidazole rings is 1. The van der Waals surface area contributed by atoms with Gasteiger partial charge in [-0.25, -0.2) is 4.98 Å². The maximum Gasteiger partial charge on any atom is 0.162 e. The third-order valence-corrected chi connectivity index (χ3v) is 3.49. The van der Waals surface area contributed by atoms with Crippen LogP contribution in [0.1, 0.15) is 11.3 Å². The fourth-order valence-electron chi connectivity index (χ4n) is 2.17. The molecule has 0 aliphatic heterocycles. The van der Waals surface area contributed by atoms with Gasteiger partial charge in [-0.15, -0.1) is 0 Å². The van der Waals surface area contributed by atoms with Crippen molar-refractivity contribution < 1.29 is 0 Å². The first-order chi connectivity index (χ1) is 9.15. The molecule has 1 aromatic carbocycles. The number of aromatic nitrogens is 2. The number of pyridine rings is 1. The Hall–Kier alpha value is -2.01. The lowest BCUT2D eigenvalue weighted by Gasteiger charge is -2.05. The van der Waals surface area contributed by atoms with Crippen molar-refractivity contribution >= 4 is 33.1 Å². The molecule has 3 aromatic rings. The molecule has 19 heavy (non-hydrogen) atoms. The van der Waals surface area contributed by atoms with E-state index in [-0.39, 0.29) is 0 Å². The molecule has 0 atom stereocenters. The molecule has 0 aliphatic carbocycles. The highest BCUT2D eigenvalue weighted by Gasteiger charge is 2.12. The minimum atomic E-state index is 0.522. The Balaban J connectivity index is 2.15. The lowest BCUT2D eigenvalue weighted by molar-refractivity contribution is 1.03. The number of nitrogens with zero attached hydrogens (tertiary/aromatic N) is 2. The van der Waals surface area contributed by atoms with Gasteiger partial charge in [-0.05, 0) is 27.6 Å². The molecule has 0 saturated heterocycles. The summed E-state index contributed by atoms with van der Waals surface area (Å²) in [4.78, 5) is 4.34. The van der Waals surface area contributed by atoms with Gasteiger partial charge in [0.2, 0.25) is 0 Å². The summed E-state index contributed by atoms with van der Waals surface area (Å²) in [5.74, 6) is 0.522. The second kappa shape index (κ2) is 4.59. The SMILES string of the molecule is Nc1nc2c(N)cc(Br)cn2c1Cc1ccccc1. The van der Waals surface area contributed by atoms with Gasteiger partial charge in [0, 0.05) is 17.1 Å². The number of fused-ring (bicyclic) bond motifs is 1. The van der Waals surface area contributed by atoms with Crippen LogP contribution in [-0.2, 0) is 6.42 Å². The van der Waals surface area contributed by atoms with Crippen LogP contribution in [0.2, 0.25) is 0 Å². The standard InChI is InChI=1S/C14H13BrN4/c15-10-7-11(16)14-18-13(17)12(19(14)8-10)6-9-4-2-1-3-5-9/h1-5,7-8H,6,16-17H2. The number of nitrogens with two attached hydrogens (primary N) is 2. The zero-order valence-corrected chi connectivity index (χ0v) is 11.8. The summed E-state index contributed by atoms with van der Waals surface area (Å²) in [6.07, 6.45) is 2.66. The normalized spacial score (nSPS) is 11.0. The van der Waals surface area contributed by atoms with Crippen molar-refractivity contribution in [1.82, 2.24) is 9.38 Å². The van der Waals surface area contributed by atoms with Gasteiger partial charge in [0.15, 0.2) is 5.65 Å². The Bertz CT molecular complexity index is 734. The average molecular weight is 317 g/mol. The van der Waals surface area contributed by atoms with Gasteiger partial charge in [-0.1, -0.05) is 30.3 Å². The van der Waals surface area contributed by atoms with Crippen LogP contribution < -0.4 is 11.5 Å². The predicted octanol–water partition coefficient (Wildman–Crippen LogP) is 2.85. The van der Waals surface area contributed by atoms with Gasteiger partial charge in [-0.3, -0.25) is 4.40 Å². The molecule has 0 unspecified atom stereocenters. The molecule has 0 amide bonds. The zero-order valence-electron chi connectivity index (χ0n) is 10.2. The molecule has 4 N–H and O–H groups in total. The average Bonchev–Trinajstić information content (AvgIpc) is 2.69. The third-order valence-electron chi connectivity index (χ3n) is 3.06. The Morgan fingerprint density at radius 2 is 1.89 bits per heavy atom. The van der Waals surface area contributed by atoms with E-state index >= 15 is 0 Å². The Morgan fingerprint density at radius 1 is 1.16 bits per heavy atom. The van der Waals surface area contributed by atoms with Gasteiger partial charge < -0.3 is 11.5 Å². The van der Waals surface area contributed by atoms with Gasteiger partial charge in [0.1, 0.15) is 5.82 Å². The van der Waals surface area contributed by atoms with Crippen molar-refractivity contribution in [3.8, 4) is 0 Å². The lowest BCUT2D eigenvalue weighted by atomic mass is 10.1. The molecule has 0 fully saturated rings. The van der Waals surface area contributed by atoms with Crippen LogP contribution in [0.5, 0.6) is 0 Å². The van der Waals surface area contributed by atoms with Gasteiger partial charge in [0.05, 0.1) is 11.4 Å². The number of anilines is 2. The number of benzene rings is 1. The van der Waals surface area contributed by atoms with Crippen LogP contribution in [0, 0.1) is 0 Å². The molecule has 2 heterocycles. The van der Waals surface area contributed by atoms with Crippen molar-refractivity contribution in [2.45, 2.75) is 6.42 Å². The number of rotatable bonds is 2. The molecule has 0 bridgehead atoms. The summed E-state index contributed by atoms with van der Waals surface area (Å²) in [6, 6.07) is 12.0. The van der Waals surface area contributed by atoms with E-state index in [1.54, 1.807) is 0 Å². The minimum Gasteiger partial charge on any atom is -0.396 e. The first-order valence-electron chi connectivity index (χ1n) is 5.90. The van der Waals surface area contributed by atoms with E-state index in [2.05, 4.69) is 33.0 Å². The van der Waals surface area contributed by atoms with E-state index in [9.17, 15) is 0 Å². The monoisotopic (exact) mass is 316 g/mol.